The van der Waals surface area contributed by atoms with E-state index < -0.39 is 0 Å². The van der Waals surface area contributed by atoms with Gasteiger partial charge in [-0.2, -0.15) is 0 Å². The summed E-state index contributed by atoms with van der Waals surface area (Å²) in [5, 5.41) is 6.07. The zero-order valence-corrected chi connectivity index (χ0v) is 15.9. The van der Waals surface area contributed by atoms with E-state index in [0.29, 0.717) is 18.7 Å². The van der Waals surface area contributed by atoms with Crippen LogP contribution in [0.1, 0.15) is 50.9 Å². The van der Waals surface area contributed by atoms with Crippen molar-refractivity contribution in [3.8, 4) is 0 Å². The molecular formula is C20H31N3O2. The number of nitrogens with one attached hydrogen (secondary N) is 2. The minimum absolute atomic E-state index is 0.0196. The summed E-state index contributed by atoms with van der Waals surface area (Å²) in [6.07, 6.45) is 1.95. The SMILES string of the molecule is CC1(CNC(=O)c2ccccc2)CCN(CC(=O)NC(C)(C)C)CC1. The molecule has 0 aromatic heterocycles. The minimum Gasteiger partial charge on any atom is -0.351 e. The van der Waals surface area contributed by atoms with Crippen LogP contribution in [-0.2, 0) is 4.79 Å². The highest BCUT2D eigenvalue weighted by molar-refractivity contribution is 5.94. The Morgan fingerprint density at radius 1 is 1.12 bits per heavy atom. The molecule has 0 saturated carbocycles. The summed E-state index contributed by atoms with van der Waals surface area (Å²) in [5.41, 5.74) is 0.590. The van der Waals surface area contributed by atoms with Crippen LogP contribution in [0.25, 0.3) is 0 Å². The summed E-state index contributed by atoms with van der Waals surface area (Å²) in [5.74, 6) is 0.0577. The molecule has 0 unspecified atom stereocenters. The fraction of sp³-hybridized carbons (Fsp3) is 0.600. The lowest BCUT2D eigenvalue weighted by Crippen LogP contribution is -2.50. The molecule has 0 aliphatic carbocycles. The molecule has 0 radical (unpaired) electrons. The Balaban J connectivity index is 1.76. The van der Waals surface area contributed by atoms with Crippen molar-refractivity contribution in [1.82, 2.24) is 15.5 Å². The van der Waals surface area contributed by atoms with Gasteiger partial charge in [0, 0.05) is 17.6 Å². The predicted octanol–water partition coefficient (Wildman–Crippen LogP) is 2.43. The molecule has 1 aliphatic heterocycles. The van der Waals surface area contributed by atoms with E-state index in [-0.39, 0.29) is 22.8 Å². The van der Waals surface area contributed by atoms with Crippen molar-refractivity contribution in [2.24, 2.45) is 5.41 Å². The molecule has 1 aromatic rings. The van der Waals surface area contributed by atoms with Crippen molar-refractivity contribution < 1.29 is 9.59 Å². The van der Waals surface area contributed by atoms with Crippen LogP contribution in [0, 0.1) is 5.41 Å². The summed E-state index contributed by atoms with van der Waals surface area (Å²) < 4.78 is 0. The summed E-state index contributed by atoms with van der Waals surface area (Å²) in [7, 11) is 0. The number of hydrogen-bond acceptors (Lipinski definition) is 3. The van der Waals surface area contributed by atoms with Crippen molar-refractivity contribution in [3.05, 3.63) is 35.9 Å². The van der Waals surface area contributed by atoms with Gasteiger partial charge in [0.1, 0.15) is 0 Å². The number of likely N-dealkylation sites (tertiary alicyclic amines) is 1. The summed E-state index contributed by atoms with van der Waals surface area (Å²) in [6, 6.07) is 9.31. The van der Waals surface area contributed by atoms with Crippen LogP contribution < -0.4 is 10.6 Å². The van der Waals surface area contributed by atoms with Gasteiger partial charge in [0.05, 0.1) is 6.54 Å². The van der Waals surface area contributed by atoms with Gasteiger partial charge < -0.3 is 10.6 Å². The van der Waals surface area contributed by atoms with Crippen LogP contribution in [0.5, 0.6) is 0 Å². The van der Waals surface area contributed by atoms with Crippen LogP contribution in [0.15, 0.2) is 30.3 Å². The third kappa shape index (κ3) is 6.50. The van der Waals surface area contributed by atoms with Gasteiger partial charge in [-0.05, 0) is 64.3 Å². The standard InChI is InChI=1S/C20H31N3O2/c1-19(2,3)22-17(24)14-23-12-10-20(4,11-13-23)15-21-18(25)16-8-6-5-7-9-16/h5-9H,10-15H2,1-4H3,(H,21,25)(H,22,24). The average molecular weight is 345 g/mol. The van der Waals surface area contributed by atoms with E-state index in [1.807, 2.05) is 51.1 Å². The van der Waals surface area contributed by atoms with Crippen LogP contribution in [0.2, 0.25) is 0 Å². The average Bonchev–Trinajstić information content (AvgIpc) is 2.54. The maximum Gasteiger partial charge on any atom is 0.251 e. The van der Waals surface area contributed by atoms with Gasteiger partial charge in [-0.15, -0.1) is 0 Å². The second-order valence-corrected chi connectivity index (χ2v) is 8.43. The van der Waals surface area contributed by atoms with E-state index in [4.69, 9.17) is 0 Å². The predicted molar refractivity (Wildman–Crippen MR) is 100 cm³/mol. The highest BCUT2D eigenvalue weighted by atomic mass is 16.2. The fourth-order valence-corrected chi connectivity index (χ4v) is 3.07. The molecule has 2 rings (SSSR count). The Morgan fingerprint density at radius 3 is 2.28 bits per heavy atom. The number of rotatable bonds is 5. The van der Waals surface area contributed by atoms with E-state index in [1.54, 1.807) is 0 Å². The van der Waals surface area contributed by atoms with Gasteiger partial charge >= 0.3 is 0 Å². The minimum atomic E-state index is -0.191. The quantitative estimate of drug-likeness (QED) is 0.862. The molecule has 1 saturated heterocycles. The number of hydrogen-bond donors (Lipinski definition) is 2. The lowest BCUT2D eigenvalue weighted by Gasteiger charge is -2.39. The highest BCUT2D eigenvalue weighted by Crippen LogP contribution is 2.30. The second kappa shape index (κ2) is 8.00. The third-order valence-electron chi connectivity index (χ3n) is 4.66. The maximum atomic E-state index is 12.2. The largest absolute Gasteiger partial charge is 0.351 e. The van der Waals surface area contributed by atoms with Crippen molar-refractivity contribution >= 4 is 11.8 Å². The van der Waals surface area contributed by atoms with Gasteiger partial charge in [-0.1, -0.05) is 25.1 Å². The summed E-state index contributed by atoms with van der Waals surface area (Å²) >= 11 is 0. The van der Waals surface area contributed by atoms with E-state index in [1.165, 1.54) is 0 Å². The zero-order chi connectivity index (χ0) is 18.5. The molecule has 0 spiro atoms. The topological polar surface area (TPSA) is 61.4 Å². The Labute approximate surface area is 151 Å². The first-order chi connectivity index (χ1) is 11.7. The van der Waals surface area contributed by atoms with Gasteiger partial charge in [0.2, 0.25) is 5.91 Å². The fourth-order valence-electron chi connectivity index (χ4n) is 3.07. The Kier molecular flexibility index (Phi) is 6.22. The molecule has 5 nitrogen and oxygen atoms in total. The van der Waals surface area contributed by atoms with Crippen LogP contribution >= 0.6 is 0 Å². The molecule has 2 N–H and O–H groups in total. The maximum absolute atomic E-state index is 12.2. The van der Waals surface area contributed by atoms with E-state index in [2.05, 4.69) is 22.5 Å². The first kappa shape index (κ1) is 19.4. The monoisotopic (exact) mass is 345 g/mol. The molecule has 25 heavy (non-hydrogen) atoms. The molecule has 0 bridgehead atoms. The smallest absolute Gasteiger partial charge is 0.251 e. The zero-order valence-electron chi connectivity index (χ0n) is 15.9. The van der Waals surface area contributed by atoms with E-state index in [0.717, 1.165) is 25.9 Å². The van der Waals surface area contributed by atoms with Crippen LogP contribution in [-0.4, -0.2) is 48.4 Å². The number of carbonyl (C=O) groups is 2. The van der Waals surface area contributed by atoms with Crippen molar-refractivity contribution in [3.63, 3.8) is 0 Å². The number of carbonyl (C=O) groups excluding carboxylic acids is 2. The molecular weight excluding hydrogens is 314 g/mol. The van der Waals surface area contributed by atoms with Crippen molar-refractivity contribution in [1.29, 1.82) is 0 Å². The molecule has 1 fully saturated rings. The number of piperidine rings is 1. The molecule has 138 valence electrons. The molecule has 1 heterocycles. The van der Waals surface area contributed by atoms with Gasteiger partial charge in [0.25, 0.3) is 5.91 Å². The Hall–Kier alpha value is -1.88. The summed E-state index contributed by atoms with van der Waals surface area (Å²) in [4.78, 5) is 26.4. The number of benzene rings is 1. The molecule has 2 amide bonds. The lowest BCUT2D eigenvalue weighted by molar-refractivity contribution is -0.124. The van der Waals surface area contributed by atoms with Crippen molar-refractivity contribution in [2.75, 3.05) is 26.2 Å². The molecule has 0 atom stereocenters. The van der Waals surface area contributed by atoms with Gasteiger partial charge in [-0.3, -0.25) is 14.5 Å². The number of nitrogens with zero attached hydrogens (tertiary/aromatic N) is 1. The van der Waals surface area contributed by atoms with Gasteiger partial charge in [-0.25, -0.2) is 0 Å². The number of amides is 2. The molecule has 1 aromatic carbocycles. The van der Waals surface area contributed by atoms with Gasteiger partial charge in [0.15, 0.2) is 0 Å². The molecule has 5 heteroatoms. The van der Waals surface area contributed by atoms with E-state index >= 15 is 0 Å². The first-order valence-corrected chi connectivity index (χ1v) is 9.04. The Bertz CT molecular complexity index is 585. The highest BCUT2D eigenvalue weighted by Gasteiger charge is 2.31. The van der Waals surface area contributed by atoms with Crippen molar-refractivity contribution in [2.45, 2.75) is 46.1 Å². The van der Waals surface area contributed by atoms with E-state index in [9.17, 15) is 9.59 Å². The van der Waals surface area contributed by atoms with Crippen LogP contribution in [0.3, 0.4) is 0 Å². The lowest BCUT2D eigenvalue weighted by atomic mass is 9.80. The first-order valence-electron chi connectivity index (χ1n) is 9.04. The molecule has 1 aliphatic rings. The second-order valence-electron chi connectivity index (χ2n) is 8.43. The summed E-state index contributed by atoms with van der Waals surface area (Å²) in [6.45, 7) is 11.1. The normalized spacial score (nSPS) is 17.8. The third-order valence-corrected chi connectivity index (χ3v) is 4.66. The van der Waals surface area contributed by atoms with Crippen LogP contribution in [0.4, 0.5) is 0 Å². The Morgan fingerprint density at radius 2 is 1.72 bits per heavy atom.